The first-order valence-electron chi connectivity index (χ1n) is 5.46. The molecule has 2 aromatic rings. The lowest BCUT2D eigenvalue weighted by atomic mass is 10.1. The molecule has 0 saturated heterocycles. The fraction of sp³-hybridized carbons (Fsp3) is 0.0769. The van der Waals surface area contributed by atoms with Crippen LogP contribution in [0.3, 0.4) is 0 Å². The second-order valence-electron chi connectivity index (χ2n) is 3.86. The number of aromatic amines is 1. The molecule has 0 radical (unpaired) electrons. The number of H-pyrrole nitrogens is 1. The number of hydrogen-bond donors (Lipinski definition) is 1. The molecular formula is C13H8BrF2NO3. The Kier molecular flexibility index (Phi) is 4.29. The van der Waals surface area contributed by atoms with Gasteiger partial charge in [-0.05, 0) is 40.2 Å². The fourth-order valence-corrected chi connectivity index (χ4v) is 1.79. The number of ether oxygens (including phenoxy) is 1. The Hall–Kier alpha value is -2.02. The van der Waals surface area contributed by atoms with Crippen molar-refractivity contribution in [3.8, 4) is 0 Å². The summed E-state index contributed by atoms with van der Waals surface area (Å²) in [6, 6.07) is 4.22. The first-order valence-corrected chi connectivity index (χ1v) is 6.26. The Morgan fingerprint density at radius 3 is 2.55 bits per heavy atom. The van der Waals surface area contributed by atoms with Gasteiger partial charge < -0.3 is 9.72 Å². The molecule has 2 rings (SSSR count). The van der Waals surface area contributed by atoms with Gasteiger partial charge in [-0.25, -0.2) is 13.6 Å². The van der Waals surface area contributed by atoms with Crippen LogP contribution in [0.15, 0.2) is 34.9 Å². The number of carbonyl (C=O) groups is 2. The summed E-state index contributed by atoms with van der Waals surface area (Å²) < 4.78 is 31.1. The van der Waals surface area contributed by atoms with Crippen molar-refractivity contribution in [3.05, 3.63) is 57.8 Å². The van der Waals surface area contributed by atoms with E-state index in [2.05, 4.69) is 20.9 Å². The monoisotopic (exact) mass is 343 g/mol. The lowest BCUT2D eigenvalue weighted by Gasteiger charge is -2.03. The first-order chi connectivity index (χ1) is 9.47. The minimum atomic E-state index is -1.13. The maximum atomic E-state index is 13.0. The molecule has 1 heterocycles. The van der Waals surface area contributed by atoms with E-state index in [1.807, 2.05) is 0 Å². The molecule has 1 N–H and O–H groups in total. The number of carbonyl (C=O) groups excluding carboxylic acids is 2. The SMILES string of the molecule is O=C(COC(=O)c1cc(Br)c[nH]1)c1ccc(F)c(F)c1. The van der Waals surface area contributed by atoms with Gasteiger partial charge in [-0.1, -0.05) is 0 Å². The molecule has 0 aliphatic heterocycles. The number of nitrogens with one attached hydrogen (secondary N) is 1. The molecule has 0 bridgehead atoms. The number of rotatable bonds is 4. The highest BCUT2D eigenvalue weighted by atomic mass is 79.9. The molecule has 0 saturated carbocycles. The molecule has 0 aliphatic rings. The number of benzene rings is 1. The van der Waals surface area contributed by atoms with E-state index in [9.17, 15) is 18.4 Å². The van der Waals surface area contributed by atoms with E-state index in [4.69, 9.17) is 4.74 Å². The number of halogens is 3. The van der Waals surface area contributed by atoms with Gasteiger partial charge in [0.1, 0.15) is 5.69 Å². The third kappa shape index (κ3) is 3.30. The Morgan fingerprint density at radius 1 is 1.20 bits per heavy atom. The van der Waals surface area contributed by atoms with Crippen molar-refractivity contribution in [3.63, 3.8) is 0 Å². The molecule has 4 nitrogen and oxygen atoms in total. The van der Waals surface area contributed by atoms with Crippen LogP contribution in [0.2, 0.25) is 0 Å². The smallest absolute Gasteiger partial charge is 0.355 e. The van der Waals surface area contributed by atoms with Gasteiger partial charge in [0, 0.05) is 16.2 Å². The van der Waals surface area contributed by atoms with Gasteiger partial charge in [0.15, 0.2) is 24.0 Å². The topological polar surface area (TPSA) is 59.2 Å². The fourth-order valence-electron chi connectivity index (χ4n) is 1.45. The van der Waals surface area contributed by atoms with Crippen LogP contribution in [0, 0.1) is 11.6 Å². The molecule has 0 amide bonds. The number of hydrogen-bond acceptors (Lipinski definition) is 3. The van der Waals surface area contributed by atoms with E-state index < -0.39 is 30.0 Å². The van der Waals surface area contributed by atoms with Crippen LogP contribution in [-0.4, -0.2) is 23.3 Å². The number of aromatic nitrogens is 1. The normalized spacial score (nSPS) is 10.3. The molecule has 0 fully saturated rings. The first kappa shape index (κ1) is 14.4. The molecular weight excluding hydrogens is 336 g/mol. The Labute approximate surface area is 120 Å². The van der Waals surface area contributed by atoms with Gasteiger partial charge in [0.25, 0.3) is 0 Å². The number of ketones is 1. The summed E-state index contributed by atoms with van der Waals surface area (Å²) in [4.78, 5) is 25.9. The van der Waals surface area contributed by atoms with Crippen LogP contribution in [0.5, 0.6) is 0 Å². The predicted octanol–water partition coefficient (Wildman–Crippen LogP) is 3.10. The quantitative estimate of drug-likeness (QED) is 0.685. The third-order valence-electron chi connectivity index (χ3n) is 2.44. The average Bonchev–Trinajstić information content (AvgIpc) is 2.85. The Balaban J connectivity index is 1.98. The van der Waals surface area contributed by atoms with Gasteiger partial charge in [-0.3, -0.25) is 4.79 Å². The van der Waals surface area contributed by atoms with Gasteiger partial charge in [-0.15, -0.1) is 0 Å². The van der Waals surface area contributed by atoms with Crippen molar-refractivity contribution in [1.82, 2.24) is 4.98 Å². The van der Waals surface area contributed by atoms with Gasteiger partial charge in [0.2, 0.25) is 0 Å². The summed E-state index contributed by atoms with van der Waals surface area (Å²) in [6.07, 6.45) is 1.54. The number of Topliss-reactive ketones (excluding diaryl/α,β-unsaturated/α-hetero) is 1. The van der Waals surface area contributed by atoms with Crippen molar-refractivity contribution in [1.29, 1.82) is 0 Å². The highest BCUT2D eigenvalue weighted by molar-refractivity contribution is 9.10. The lowest BCUT2D eigenvalue weighted by molar-refractivity contribution is 0.0469. The Bertz CT molecular complexity index is 669. The van der Waals surface area contributed by atoms with Crippen LogP contribution < -0.4 is 0 Å². The standard InChI is InChI=1S/C13H8BrF2NO3/c14-8-4-11(17-5-8)13(19)20-6-12(18)7-1-2-9(15)10(16)3-7/h1-5,17H,6H2. The average molecular weight is 344 g/mol. The maximum Gasteiger partial charge on any atom is 0.355 e. The third-order valence-corrected chi connectivity index (χ3v) is 2.90. The summed E-state index contributed by atoms with van der Waals surface area (Å²) in [5, 5.41) is 0. The van der Waals surface area contributed by atoms with E-state index in [-0.39, 0.29) is 11.3 Å². The van der Waals surface area contributed by atoms with Gasteiger partial charge in [-0.2, -0.15) is 0 Å². The van der Waals surface area contributed by atoms with Crippen LogP contribution in [0.1, 0.15) is 20.8 Å². The molecule has 1 aromatic heterocycles. The summed E-state index contributed by atoms with van der Waals surface area (Å²) in [6.45, 7) is -0.555. The minimum Gasteiger partial charge on any atom is -0.453 e. The van der Waals surface area contributed by atoms with Crippen LogP contribution in [-0.2, 0) is 4.74 Å². The number of esters is 1. The highest BCUT2D eigenvalue weighted by Crippen LogP contribution is 2.12. The van der Waals surface area contributed by atoms with Crippen molar-refractivity contribution < 1.29 is 23.1 Å². The zero-order valence-electron chi connectivity index (χ0n) is 9.95. The van der Waals surface area contributed by atoms with E-state index in [1.54, 1.807) is 0 Å². The van der Waals surface area contributed by atoms with Crippen molar-refractivity contribution >= 4 is 27.7 Å². The van der Waals surface area contributed by atoms with E-state index in [0.717, 1.165) is 18.2 Å². The van der Waals surface area contributed by atoms with E-state index in [1.165, 1.54) is 12.3 Å². The molecule has 7 heteroatoms. The van der Waals surface area contributed by atoms with Gasteiger partial charge in [0.05, 0.1) is 0 Å². The molecule has 1 aromatic carbocycles. The van der Waals surface area contributed by atoms with Crippen molar-refractivity contribution in [2.75, 3.05) is 6.61 Å². The van der Waals surface area contributed by atoms with Crippen molar-refractivity contribution in [2.45, 2.75) is 0 Å². The van der Waals surface area contributed by atoms with Crippen LogP contribution in [0.25, 0.3) is 0 Å². The zero-order chi connectivity index (χ0) is 14.7. The van der Waals surface area contributed by atoms with Gasteiger partial charge >= 0.3 is 5.97 Å². The second kappa shape index (κ2) is 5.96. The minimum absolute atomic E-state index is 0.0654. The summed E-state index contributed by atoms with van der Waals surface area (Å²) in [5.41, 5.74) is 0.110. The lowest BCUT2D eigenvalue weighted by Crippen LogP contribution is -2.14. The van der Waals surface area contributed by atoms with E-state index in [0.29, 0.717) is 4.47 Å². The highest BCUT2D eigenvalue weighted by Gasteiger charge is 2.14. The largest absolute Gasteiger partial charge is 0.453 e. The summed E-state index contributed by atoms with van der Waals surface area (Å²) >= 11 is 3.15. The molecule has 20 heavy (non-hydrogen) atoms. The summed E-state index contributed by atoms with van der Waals surface area (Å²) in [5.74, 6) is -3.51. The zero-order valence-corrected chi connectivity index (χ0v) is 11.5. The maximum absolute atomic E-state index is 13.0. The second-order valence-corrected chi connectivity index (χ2v) is 4.78. The molecule has 0 spiro atoms. The van der Waals surface area contributed by atoms with E-state index >= 15 is 0 Å². The summed E-state index contributed by atoms with van der Waals surface area (Å²) in [7, 11) is 0. The van der Waals surface area contributed by atoms with Crippen molar-refractivity contribution in [2.24, 2.45) is 0 Å². The molecule has 0 atom stereocenters. The van der Waals surface area contributed by atoms with Crippen LogP contribution >= 0.6 is 15.9 Å². The molecule has 0 aliphatic carbocycles. The molecule has 0 unspecified atom stereocenters. The Morgan fingerprint density at radius 2 is 1.95 bits per heavy atom. The van der Waals surface area contributed by atoms with Crippen LogP contribution in [0.4, 0.5) is 8.78 Å². The molecule has 104 valence electrons. The predicted molar refractivity (Wildman–Crippen MR) is 69.5 cm³/mol.